The first-order valence-electron chi connectivity index (χ1n) is 21.8. The molecule has 1 saturated heterocycles. The van der Waals surface area contributed by atoms with Gasteiger partial charge in [0, 0.05) is 27.6 Å². The van der Waals surface area contributed by atoms with Gasteiger partial charge in [-0.15, -0.1) is 11.3 Å². The number of aliphatic hydroxyl groups is 2. The van der Waals surface area contributed by atoms with Gasteiger partial charge in [-0.1, -0.05) is 105 Å². The standard InChI is InChI=1S/C52H57NO6S/c1-33-12-11-24-49(4)42(40-22-20-34(28-38(54)21-19-33)29-41(40)45(55)44-30-36-14-7-9-18-43(36)60-44)23-25-51(49,58)32-53(31-37-16-10-15-35-13-6-8-17-39(35)37)46(56)52-27-26-50(5,47(57)59-52)48(52,2)3/h6-10,12-18,20,22,29-30,38,42,54,58H,11,19,21,23-28,31-32H2,1-5H3/t38-,42-,49-,50-,51+,52+/m0/s1. The molecule has 10 rings (SSSR count). The van der Waals surface area contributed by atoms with Crippen molar-refractivity contribution in [3.8, 4) is 0 Å². The number of ketones is 1. The van der Waals surface area contributed by atoms with Gasteiger partial charge in [0.15, 0.2) is 5.60 Å². The van der Waals surface area contributed by atoms with Crippen LogP contribution in [0.2, 0.25) is 0 Å². The van der Waals surface area contributed by atoms with Crippen LogP contribution in [0.5, 0.6) is 0 Å². The van der Waals surface area contributed by atoms with E-state index in [2.05, 4.69) is 50.3 Å². The molecule has 5 aliphatic rings. The number of fused-ring (bicyclic) bond motifs is 12. The van der Waals surface area contributed by atoms with E-state index >= 15 is 4.79 Å². The van der Waals surface area contributed by atoms with E-state index in [1.165, 1.54) is 16.9 Å². The third kappa shape index (κ3) is 6.30. The third-order valence-electron chi connectivity index (χ3n) is 16.0. The summed E-state index contributed by atoms with van der Waals surface area (Å²) in [7, 11) is 0. The molecule has 1 amide bonds. The summed E-state index contributed by atoms with van der Waals surface area (Å²) in [5.41, 5.74) is -0.465. The Morgan fingerprint density at radius 2 is 1.62 bits per heavy atom. The molecule has 5 aromatic rings. The fraction of sp³-hybridized carbons (Fsp3) is 0.442. The Bertz CT molecular complexity index is 2530. The maximum Gasteiger partial charge on any atom is 0.313 e. The van der Waals surface area contributed by atoms with Crippen LogP contribution in [0.25, 0.3) is 20.9 Å². The molecular formula is C52H57NO6S. The smallest absolute Gasteiger partial charge is 0.313 e. The average molecular weight is 824 g/mol. The maximum absolute atomic E-state index is 15.5. The molecule has 60 heavy (non-hydrogen) atoms. The monoisotopic (exact) mass is 823 g/mol. The minimum Gasteiger partial charge on any atom is -0.448 e. The van der Waals surface area contributed by atoms with E-state index in [9.17, 15) is 19.8 Å². The number of rotatable bonds is 7. The van der Waals surface area contributed by atoms with Crippen LogP contribution in [0, 0.1) is 16.2 Å². The predicted molar refractivity (Wildman–Crippen MR) is 238 cm³/mol. The topological polar surface area (TPSA) is 104 Å². The van der Waals surface area contributed by atoms with Crippen molar-refractivity contribution in [1.29, 1.82) is 0 Å². The third-order valence-corrected chi connectivity index (χ3v) is 17.1. The van der Waals surface area contributed by atoms with Crippen LogP contribution < -0.4 is 0 Å². The number of esters is 1. The summed E-state index contributed by atoms with van der Waals surface area (Å²) in [4.78, 5) is 46.4. The summed E-state index contributed by atoms with van der Waals surface area (Å²) >= 11 is 1.49. The first-order chi connectivity index (χ1) is 28.6. The van der Waals surface area contributed by atoms with Gasteiger partial charge in [-0.2, -0.15) is 0 Å². The molecule has 4 aromatic carbocycles. The molecule has 4 aliphatic carbocycles. The van der Waals surface area contributed by atoms with Crippen molar-refractivity contribution in [1.82, 2.24) is 4.90 Å². The Hall–Kier alpha value is -4.63. The van der Waals surface area contributed by atoms with E-state index in [4.69, 9.17) is 4.74 Å². The van der Waals surface area contributed by atoms with Crippen LogP contribution >= 0.6 is 11.3 Å². The average Bonchev–Trinajstić information content (AvgIpc) is 3.88. The molecule has 0 unspecified atom stereocenters. The lowest BCUT2D eigenvalue weighted by Gasteiger charge is -2.47. The van der Waals surface area contributed by atoms with E-state index in [-0.39, 0.29) is 36.7 Å². The summed E-state index contributed by atoms with van der Waals surface area (Å²) in [5.74, 6) is -0.848. The number of thiophene rings is 1. The zero-order valence-corrected chi connectivity index (χ0v) is 36.4. The number of nitrogens with zero attached hydrogens (tertiary/aromatic N) is 1. The van der Waals surface area contributed by atoms with Crippen molar-refractivity contribution in [3.05, 3.63) is 130 Å². The number of hydrogen-bond donors (Lipinski definition) is 2. The van der Waals surface area contributed by atoms with Gasteiger partial charge in [0.25, 0.3) is 5.91 Å². The van der Waals surface area contributed by atoms with Gasteiger partial charge in [-0.3, -0.25) is 14.4 Å². The van der Waals surface area contributed by atoms with Gasteiger partial charge in [0.05, 0.1) is 28.5 Å². The molecule has 0 radical (unpaired) electrons. The quantitative estimate of drug-likeness (QED) is 0.0962. The molecule has 312 valence electrons. The number of benzene rings is 4. The molecule has 3 fully saturated rings. The Kier molecular flexibility index (Phi) is 10.0. The predicted octanol–water partition coefficient (Wildman–Crippen LogP) is 10.5. The summed E-state index contributed by atoms with van der Waals surface area (Å²) in [5, 5.41) is 27.8. The molecule has 1 aliphatic heterocycles. The fourth-order valence-corrected chi connectivity index (χ4v) is 12.6. The van der Waals surface area contributed by atoms with E-state index in [1.54, 1.807) is 0 Å². The molecule has 7 nitrogen and oxygen atoms in total. The van der Waals surface area contributed by atoms with Gasteiger partial charge >= 0.3 is 5.97 Å². The number of carbonyl (C=O) groups excluding carboxylic acids is 3. The molecule has 8 heteroatoms. The second-order valence-corrected chi connectivity index (χ2v) is 20.5. The highest BCUT2D eigenvalue weighted by atomic mass is 32.1. The van der Waals surface area contributed by atoms with E-state index in [1.807, 2.05) is 86.3 Å². The molecule has 4 bridgehead atoms. The maximum atomic E-state index is 15.5. The minimum absolute atomic E-state index is 0.0424. The van der Waals surface area contributed by atoms with Gasteiger partial charge in [-0.05, 0) is 129 Å². The van der Waals surface area contributed by atoms with Gasteiger partial charge in [-0.25, -0.2) is 0 Å². The molecule has 1 aromatic heterocycles. The van der Waals surface area contributed by atoms with Crippen molar-refractivity contribution >= 4 is 49.9 Å². The number of aliphatic hydroxyl groups excluding tert-OH is 1. The van der Waals surface area contributed by atoms with Crippen LogP contribution in [0.3, 0.4) is 0 Å². The Balaban J connectivity index is 1.16. The first-order valence-corrected chi connectivity index (χ1v) is 22.6. The van der Waals surface area contributed by atoms with Crippen LogP contribution in [0.4, 0.5) is 0 Å². The first kappa shape index (κ1) is 40.8. The van der Waals surface area contributed by atoms with E-state index < -0.39 is 33.6 Å². The summed E-state index contributed by atoms with van der Waals surface area (Å²) < 4.78 is 7.29. The van der Waals surface area contributed by atoms with Crippen molar-refractivity contribution in [2.75, 3.05) is 6.54 Å². The van der Waals surface area contributed by atoms with E-state index in [0.717, 1.165) is 44.0 Å². The molecule has 0 spiro atoms. The summed E-state index contributed by atoms with van der Waals surface area (Å²) in [6.07, 6.45) is 6.84. The molecule has 2 N–H and O–H groups in total. The molecule has 6 atom stereocenters. The number of carbonyl (C=O) groups is 3. The molecule has 2 saturated carbocycles. The lowest BCUT2D eigenvalue weighted by atomic mass is 9.64. The van der Waals surface area contributed by atoms with Crippen molar-refractivity contribution < 1.29 is 29.3 Å². The zero-order chi connectivity index (χ0) is 42.2. The van der Waals surface area contributed by atoms with Gasteiger partial charge < -0.3 is 19.8 Å². The summed E-state index contributed by atoms with van der Waals surface area (Å²) in [6, 6.07) is 30.4. The van der Waals surface area contributed by atoms with Crippen molar-refractivity contribution in [3.63, 3.8) is 0 Å². The highest BCUT2D eigenvalue weighted by Crippen LogP contribution is 2.66. The van der Waals surface area contributed by atoms with Crippen molar-refractivity contribution in [2.24, 2.45) is 16.2 Å². The van der Waals surface area contributed by atoms with Crippen LogP contribution in [-0.2, 0) is 27.3 Å². The lowest BCUT2D eigenvalue weighted by Crippen LogP contribution is -2.60. The van der Waals surface area contributed by atoms with Gasteiger partial charge in [0.1, 0.15) is 0 Å². The fourth-order valence-electron chi connectivity index (χ4n) is 11.6. The van der Waals surface area contributed by atoms with Crippen LogP contribution in [-0.4, -0.2) is 56.6 Å². The van der Waals surface area contributed by atoms with Crippen LogP contribution in [0.15, 0.2) is 103 Å². The molecule has 2 heterocycles. The van der Waals surface area contributed by atoms with Crippen molar-refractivity contribution in [2.45, 2.75) is 122 Å². The normalized spacial score (nSPS) is 29.9. The zero-order valence-electron chi connectivity index (χ0n) is 35.6. The second-order valence-electron chi connectivity index (χ2n) is 19.4. The Morgan fingerprint density at radius 1 is 0.867 bits per heavy atom. The number of allylic oxidation sites excluding steroid dienone is 2. The van der Waals surface area contributed by atoms with Gasteiger partial charge in [0.2, 0.25) is 5.78 Å². The molecular weight excluding hydrogens is 767 g/mol. The summed E-state index contributed by atoms with van der Waals surface area (Å²) in [6.45, 7) is 10.5. The minimum atomic E-state index is -1.37. The highest BCUT2D eigenvalue weighted by Gasteiger charge is 2.76. The lowest BCUT2D eigenvalue weighted by molar-refractivity contribution is -0.178. The number of ether oxygens (including phenoxy) is 1. The Labute approximate surface area is 357 Å². The van der Waals surface area contributed by atoms with E-state index in [0.29, 0.717) is 61.8 Å². The second kappa shape index (κ2) is 14.8. The number of hydrogen-bond acceptors (Lipinski definition) is 7. The SMILES string of the molecule is CC1=CCC[C@@]2(C)[C@@H](CC[C@@]2(O)CN(Cc2cccc3ccccc23)C(=O)[C@@]23CC[C@@](C)(C(=O)O2)C3(C)C)c2ccc(cc2C(=O)c2cc3ccccc3s2)C[C@@H](O)CC1. The highest BCUT2D eigenvalue weighted by molar-refractivity contribution is 7.21. The largest absolute Gasteiger partial charge is 0.448 e. The van der Waals surface area contributed by atoms with Crippen LogP contribution in [0.1, 0.15) is 124 Å². The Morgan fingerprint density at radius 3 is 2.37 bits per heavy atom. The number of amides is 1.